The van der Waals surface area contributed by atoms with Crippen molar-refractivity contribution < 1.29 is 0 Å². The van der Waals surface area contributed by atoms with Crippen LogP contribution in [0.4, 0.5) is 0 Å². The fourth-order valence-corrected chi connectivity index (χ4v) is 6.53. The average Bonchev–Trinajstić information content (AvgIpc) is 3.78. The zero-order valence-corrected chi connectivity index (χ0v) is 33.8. The maximum atomic E-state index is 4.86. The molecule has 0 unspecified atom stereocenters. The van der Waals surface area contributed by atoms with E-state index in [2.05, 4.69) is 97.4 Å². The zero-order chi connectivity index (χ0) is 40.4. The number of hydrogen-bond acceptors (Lipinski definition) is 9. The summed E-state index contributed by atoms with van der Waals surface area (Å²) >= 11 is 0. The Kier molecular flexibility index (Phi) is 12.4. The van der Waals surface area contributed by atoms with Gasteiger partial charge < -0.3 is 18.9 Å². The van der Waals surface area contributed by atoms with Gasteiger partial charge in [-0.1, -0.05) is 54.6 Å². The lowest BCUT2D eigenvalue weighted by Gasteiger charge is -2.12. The molecule has 0 aliphatic rings. The summed E-state index contributed by atoms with van der Waals surface area (Å²) in [6.45, 7) is 1.81. The minimum absolute atomic E-state index is 0.841. The summed E-state index contributed by atoms with van der Waals surface area (Å²) in [6.07, 6.45) is 3.54. The first-order valence-corrected chi connectivity index (χ1v) is 19.1. The van der Waals surface area contributed by atoms with E-state index in [0.717, 1.165) is 92.4 Å². The van der Waals surface area contributed by atoms with E-state index in [1.54, 1.807) is 12.4 Å². The van der Waals surface area contributed by atoms with Crippen molar-refractivity contribution in [1.29, 1.82) is 0 Å². The third kappa shape index (κ3) is 9.52. The van der Waals surface area contributed by atoms with Crippen LogP contribution in [0.25, 0.3) is 67.9 Å². The van der Waals surface area contributed by atoms with Gasteiger partial charge in [-0.25, -0.2) is 19.9 Å². The van der Waals surface area contributed by atoms with Gasteiger partial charge >= 0.3 is 0 Å². The number of rotatable bonds is 8. The molecule has 9 rings (SSSR count). The van der Waals surface area contributed by atoms with Gasteiger partial charge in [0.2, 0.25) is 0 Å². The maximum absolute atomic E-state index is 4.86. The van der Waals surface area contributed by atoms with Crippen LogP contribution in [-0.2, 0) is 27.2 Å². The SMILES string of the molecule is CN(C)Cc1cccc(CN(C)C)n1.Cn1c(-c2cccc(-c3nc4ccccc4n3C)n2)nc2ccccc21.c1ccc(-c2cccc(-c3ccccn3)n2)nc1. The number of fused-ring (bicyclic) bond motifs is 2. The molecule has 290 valence electrons. The Morgan fingerprint density at radius 1 is 0.379 bits per heavy atom. The molecule has 58 heavy (non-hydrogen) atoms. The fourth-order valence-electron chi connectivity index (χ4n) is 6.53. The molecule has 2 aromatic carbocycles. The summed E-state index contributed by atoms with van der Waals surface area (Å²) in [4.78, 5) is 36.4. The normalized spacial score (nSPS) is 11.0. The molecule has 0 radical (unpaired) electrons. The second kappa shape index (κ2) is 18.3. The molecule has 0 saturated heterocycles. The van der Waals surface area contributed by atoms with Crippen LogP contribution in [0, 0.1) is 0 Å². The molecule has 0 aliphatic carbocycles. The molecule has 0 fully saturated rings. The molecule has 7 heterocycles. The molecule has 11 nitrogen and oxygen atoms in total. The van der Waals surface area contributed by atoms with Crippen molar-refractivity contribution in [2.45, 2.75) is 13.1 Å². The number of hydrogen-bond donors (Lipinski definition) is 0. The Hall–Kier alpha value is -6.95. The third-order valence-corrected chi connectivity index (χ3v) is 9.21. The second-order valence-corrected chi connectivity index (χ2v) is 14.3. The molecular formula is C47H47N11. The van der Waals surface area contributed by atoms with E-state index in [1.165, 1.54) is 0 Å². The molecule has 0 N–H and O–H groups in total. The van der Waals surface area contributed by atoms with Crippen LogP contribution < -0.4 is 0 Å². The lowest BCUT2D eigenvalue weighted by atomic mass is 10.2. The molecular weight excluding hydrogens is 719 g/mol. The van der Waals surface area contributed by atoms with E-state index in [9.17, 15) is 0 Å². The van der Waals surface area contributed by atoms with E-state index in [-0.39, 0.29) is 0 Å². The number of nitrogens with zero attached hydrogens (tertiary/aromatic N) is 11. The van der Waals surface area contributed by atoms with Crippen molar-refractivity contribution in [3.8, 4) is 45.8 Å². The van der Waals surface area contributed by atoms with Crippen molar-refractivity contribution in [3.63, 3.8) is 0 Å². The van der Waals surface area contributed by atoms with Gasteiger partial charge in [0.25, 0.3) is 0 Å². The van der Waals surface area contributed by atoms with Crippen LogP contribution >= 0.6 is 0 Å². The van der Waals surface area contributed by atoms with E-state index < -0.39 is 0 Å². The Balaban J connectivity index is 0.000000140. The monoisotopic (exact) mass is 765 g/mol. The van der Waals surface area contributed by atoms with Crippen molar-refractivity contribution in [2.75, 3.05) is 28.2 Å². The van der Waals surface area contributed by atoms with Crippen LogP contribution in [0.2, 0.25) is 0 Å². The molecule has 0 aliphatic heterocycles. The lowest BCUT2D eigenvalue weighted by molar-refractivity contribution is 0.384. The minimum Gasteiger partial charge on any atom is -0.326 e. The fraction of sp³-hybridized carbons (Fsp3) is 0.170. The van der Waals surface area contributed by atoms with Gasteiger partial charge in [-0.05, 0) is 113 Å². The van der Waals surface area contributed by atoms with Gasteiger partial charge in [0.05, 0.1) is 56.2 Å². The number of aryl methyl sites for hydroxylation is 2. The van der Waals surface area contributed by atoms with Crippen molar-refractivity contribution in [3.05, 3.63) is 163 Å². The van der Waals surface area contributed by atoms with Crippen molar-refractivity contribution >= 4 is 22.1 Å². The van der Waals surface area contributed by atoms with Crippen molar-refractivity contribution in [2.24, 2.45) is 14.1 Å². The Morgan fingerprint density at radius 2 is 0.759 bits per heavy atom. The zero-order valence-electron chi connectivity index (χ0n) is 33.8. The minimum atomic E-state index is 0.841. The Labute approximate surface area is 339 Å². The number of imidazole rings is 2. The van der Waals surface area contributed by atoms with Gasteiger partial charge in [-0.15, -0.1) is 0 Å². The van der Waals surface area contributed by atoms with Gasteiger partial charge in [-0.2, -0.15) is 0 Å². The highest BCUT2D eigenvalue weighted by atomic mass is 15.1. The average molecular weight is 766 g/mol. The number of pyridine rings is 5. The van der Waals surface area contributed by atoms with Crippen LogP contribution in [0.3, 0.4) is 0 Å². The summed E-state index contributed by atoms with van der Waals surface area (Å²) < 4.78 is 4.16. The summed E-state index contributed by atoms with van der Waals surface area (Å²) in [5.74, 6) is 1.71. The van der Waals surface area contributed by atoms with E-state index in [0.29, 0.717) is 0 Å². The molecule has 0 amide bonds. The molecule has 9 aromatic rings. The summed E-state index contributed by atoms with van der Waals surface area (Å²) in [6, 6.07) is 45.9. The maximum Gasteiger partial charge on any atom is 0.159 e. The van der Waals surface area contributed by atoms with E-state index in [4.69, 9.17) is 15.0 Å². The third-order valence-electron chi connectivity index (χ3n) is 9.21. The highest BCUT2D eigenvalue weighted by Gasteiger charge is 2.15. The molecule has 7 aromatic heterocycles. The second-order valence-electron chi connectivity index (χ2n) is 14.3. The van der Waals surface area contributed by atoms with Gasteiger partial charge in [0, 0.05) is 39.6 Å². The molecule has 0 spiro atoms. The lowest BCUT2D eigenvalue weighted by Crippen LogP contribution is -2.15. The summed E-state index contributed by atoms with van der Waals surface area (Å²) in [5.41, 5.74) is 11.5. The molecule has 0 saturated carbocycles. The Bertz CT molecular complexity index is 2540. The van der Waals surface area contributed by atoms with Gasteiger partial charge in [-0.3, -0.25) is 15.0 Å². The summed E-state index contributed by atoms with van der Waals surface area (Å²) in [7, 11) is 12.3. The topological polar surface area (TPSA) is 107 Å². The van der Waals surface area contributed by atoms with Gasteiger partial charge in [0.15, 0.2) is 11.6 Å². The molecule has 11 heteroatoms. The Morgan fingerprint density at radius 3 is 1.17 bits per heavy atom. The molecule has 0 bridgehead atoms. The predicted molar refractivity (Wildman–Crippen MR) is 233 cm³/mol. The van der Waals surface area contributed by atoms with Crippen LogP contribution in [0.1, 0.15) is 11.4 Å². The van der Waals surface area contributed by atoms with Crippen LogP contribution in [0.5, 0.6) is 0 Å². The van der Waals surface area contributed by atoms with Crippen LogP contribution in [-0.4, -0.2) is 82.0 Å². The predicted octanol–water partition coefficient (Wildman–Crippen LogP) is 8.60. The van der Waals surface area contributed by atoms with E-state index in [1.807, 2.05) is 123 Å². The molecule has 0 atom stereocenters. The highest BCUT2D eigenvalue weighted by Crippen LogP contribution is 2.27. The first-order valence-electron chi connectivity index (χ1n) is 19.1. The number of aromatic nitrogens is 9. The van der Waals surface area contributed by atoms with Crippen LogP contribution in [0.15, 0.2) is 152 Å². The standard InChI is InChI=1S/C21H17N5.C15H11N3.C11H19N3/c1-25-18-12-5-3-8-14(18)23-20(25)16-10-7-11-17(22-16)21-24-15-9-4-6-13-19(15)26(21)2;1-3-10-16-12(6-1)14-8-5-9-15(18-14)13-7-2-4-11-17-13;1-13(2)8-10-6-5-7-11(12-10)9-14(3)4/h3-13H,1-2H3;1-11H;5-7H,8-9H2,1-4H3. The largest absolute Gasteiger partial charge is 0.326 e. The number of para-hydroxylation sites is 4. The first-order chi connectivity index (χ1) is 28.2. The quantitative estimate of drug-likeness (QED) is 0.150. The first kappa shape index (κ1) is 39.3. The van der Waals surface area contributed by atoms with E-state index >= 15 is 0 Å². The van der Waals surface area contributed by atoms with Gasteiger partial charge in [0.1, 0.15) is 11.4 Å². The highest BCUT2D eigenvalue weighted by molar-refractivity contribution is 5.81. The van der Waals surface area contributed by atoms with Crippen molar-refractivity contribution in [1.82, 2.24) is 53.8 Å². The number of benzene rings is 2. The smallest absolute Gasteiger partial charge is 0.159 e. The summed E-state index contributed by atoms with van der Waals surface area (Å²) in [5, 5.41) is 0.